The van der Waals surface area contributed by atoms with Crippen molar-refractivity contribution in [3.8, 4) is 0 Å². The molecule has 0 aromatic rings. The van der Waals surface area contributed by atoms with Crippen LogP contribution in [0, 0.1) is 0 Å². The number of ketones is 2. The summed E-state index contributed by atoms with van der Waals surface area (Å²) in [4.78, 5) is 34.3. The third kappa shape index (κ3) is 10.9. The minimum absolute atomic E-state index is 0.0482. The van der Waals surface area contributed by atoms with Gasteiger partial charge in [-0.3, -0.25) is 9.59 Å². The van der Waals surface area contributed by atoms with Gasteiger partial charge in [-0.05, 0) is 89.5 Å². The van der Waals surface area contributed by atoms with Gasteiger partial charge >= 0.3 is 0 Å². The molecule has 0 spiro atoms. The minimum Gasteiger partial charge on any atom is -0.371 e. The summed E-state index contributed by atoms with van der Waals surface area (Å²) < 4.78 is 0. The number of likely N-dealkylation sites (N-methyl/N-ethyl adjacent to an activating group) is 2. The molecular weight excluding hydrogens is 560 g/mol. The highest BCUT2D eigenvalue weighted by Crippen LogP contribution is 2.18. The van der Waals surface area contributed by atoms with Gasteiger partial charge < -0.3 is 19.6 Å². The monoisotopic (exact) mass is 604 g/mol. The number of rotatable bonds is 10. The van der Waals surface area contributed by atoms with Gasteiger partial charge in [0.1, 0.15) is 0 Å². The summed E-state index contributed by atoms with van der Waals surface area (Å²) in [5.41, 5.74) is 1.06. The molecule has 0 atom stereocenters. The van der Waals surface area contributed by atoms with Crippen LogP contribution < -0.4 is 0 Å². The van der Waals surface area contributed by atoms with Crippen molar-refractivity contribution in [2.24, 2.45) is 0 Å². The quantitative estimate of drug-likeness (QED) is 0.269. The van der Waals surface area contributed by atoms with Gasteiger partial charge in [0.2, 0.25) is 11.6 Å². The first-order chi connectivity index (χ1) is 16.5. The van der Waals surface area contributed by atoms with Crippen LogP contribution in [-0.2, 0) is 9.59 Å². The Kier molecular flexibility index (Phi) is 17.1. The van der Waals surface area contributed by atoms with Crippen LogP contribution in [0.4, 0.5) is 0 Å². The van der Waals surface area contributed by atoms with E-state index in [1.807, 2.05) is 35.6 Å². The smallest absolute Gasteiger partial charge is 0.204 e. The summed E-state index contributed by atoms with van der Waals surface area (Å²) in [6.07, 6.45) is 13.0. The first-order valence-corrected chi connectivity index (χ1v) is 15.9. The van der Waals surface area contributed by atoms with E-state index in [0.29, 0.717) is 11.4 Å². The van der Waals surface area contributed by atoms with Crippen molar-refractivity contribution in [1.29, 1.82) is 0 Å². The van der Waals surface area contributed by atoms with E-state index < -0.39 is 0 Å². The molecule has 0 unspecified atom stereocenters. The van der Waals surface area contributed by atoms with Gasteiger partial charge in [-0.15, -0.1) is 0 Å². The van der Waals surface area contributed by atoms with Gasteiger partial charge in [0.15, 0.2) is 0 Å². The van der Waals surface area contributed by atoms with Gasteiger partial charge in [0.25, 0.3) is 0 Å². The van der Waals surface area contributed by atoms with Crippen LogP contribution in [-0.4, -0.2) is 109 Å². The van der Waals surface area contributed by atoms with E-state index in [4.69, 9.17) is 0 Å². The fourth-order valence-corrected chi connectivity index (χ4v) is 4.80. The van der Waals surface area contributed by atoms with Crippen LogP contribution in [0.2, 0.25) is 0 Å². The minimum atomic E-state index is -0.0482. The zero-order chi connectivity index (χ0) is 25.3. The van der Waals surface area contributed by atoms with E-state index >= 15 is 0 Å². The van der Waals surface area contributed by atoms with Gasteiger partial charge in [0.05, 0.1) is 11.4 Å². The summed E-state index contributed by atoms with van der Waals surface area (Å²) >= 11 is 5.88. The molecular formula is C26H46Br2N4O2. The van der Waals surface area contributed by atoms with Gasteiger partial charge in [-0.1, -0.05) is 44.7 Å². The molecule has 34 heavy (non-hydrogen) atoms. The van der Waals surface area contributed by atoms with E-state index in [9.17, 15) is 9.59 Å². The molecule has 0 aromatic heterocycles. The van der Waals surface area contributed by atoms with Crippen LogP contribution in [0.25, 0.3) is 0 Å². The normalized spacial score (nSPS) is 19.2. The number of hydrogen-bond donors (Lipinski definition) is 0. The number of hydrogen-bond acceptors (Lipinski definition) is 6. The molecule has 0 bridgehead atoms. The Balaban J connectivity index is 0.00000137. The fourth-order valence-electron chi connectivity index (χ4n) is 4.80. The van der Waals surface area contributed by atoms with E-state index in [0.717, 1.165) is 39.0 Å². The third-order valence-electron chi connectivity index (χ3n) is 6.70. The number of likely N-dealkylation sites (tertiary alicyclic amines) is 2. The Morgan fingerprint density at radius 3 is 1.29 bits per heavy atom. The van der Waals surface area contributed by atoms with Crippen molar-refractivity contribution in [3.05, 3.63) is 23.5 Å². The molecule has 2 aliphatic heterocycles. The van der Waals surface area contributed by atoms with Crippen molar-refractivity contribution >= 4 is 43.4 Å². The Labute approximate surface area is 225 Å². The SMILES string of the molecule is CBr.CBr.CN(CCCN1CCCCC1)C1=CC(=O)C(N(C)CCCN2CCCCC2)=CC1=O. The second kappa shape index (κ2) is 18.6. The number of allylic oxidation sites excluding steroid dienone is 2. The Morgan fingerprint density at radius 1 is 0.647 bits per heavy atom. The van der Waals surface area contributed by atoms with Crippen molar-refractivity contribution in [1.82, 2.24) is 19.6 Å². The molecule has 3 aliphatic rings. The number of carbonyl (C=O) groups is 2. The van der Waals surface area contributed by atoms with Crippen LogP contribution in [0.1, 0.15) is 51.4 Å². The highest BCUT2D eigenvalue weighted by molar-refractivity contribution is 9.09. The molecule has 6 nitrogen and oxygen atoms in total. The lowest BCUT2D eigenvalue weighted by Crippen LogP contribution is -2.35. The highest BCUT2D eigenvalue weighted by atomic mass is 79.9. The molecule has 2 heterocycles. The molecule has 0 aromatic carbocycles. The van der Waals surface area contributed by atoms with E-state index in [1.54, 1.807) is 12.2 Å². The van der Waals surface area contributed by atoms with Gasteiger partial charge in [-0.25, -0.2) is 0 Å². The Morgan fingerprint density at radius 2 is 0.971 bits per heavy atom. The van der Waals surface area contributed by atoms with Crippen LogP contribution in [0.5, 0.6) is 0 Å². The second-order valence-electron chi connectivity index (χ2n) is 9.14. The molecule has 0 N–H and O–H groups in total. The number of alkyl halides is 2. The maximum absolute atomic E-state index is 12.7. The molecule has 0 radical (unpaired) electrons. The highest BCUT2D eigenvalue weighted by Gasteiger charge is 2.25. The lowest BCUT2D eigenvalue weighted by atomic mass is 10.0. The summed E-state index contributed by atoms with van der Waals surface area (Å²) in [7, 11) is 3.85. The lowest BCUT2D eigenvalue weighted by molar-refractivity contribution is -0.117. The van der Waals surface area contributed by atoms with E-state index in [-0.39, 0.29) is 11.6 Å². The molecule has 2 saturated heterocycles. The molecule has 1 aliphatic carbocycles. The fraction of sp³-hybridized carbons (Fsp3) is 0.769. The average Bonchev–Trinajstić information content (AvgIpc) is 2.88. The molecule has 196 valence electrons. The maximum Gasteiger partial charge on any atom is 0.204 e. The average molecular weight is 606 g/mol. The molecule has 2 fully saturated rings. The Bertz CT molecular complexity index is 601. The second-order valence-corrected chi connectivity index (χ2v) is 9.14. The molecule has 0 saturated carbocycles. The maximum atomic E-state index is 12.7. The lowest BCUT2D eigenvalue weighted by Gasteiger charge is -2.30. The van der Waals surface area contributed by atoms with Crippen molar-refractivity contribution in [3.63, 3.8) is 0 Å². The first-order valence-electron chi connectivity index (χ1n) is 12.7. The largest absolute Gasteiger partial charge is 0.371 e. The summed E-state index contributed by atoms with van der Waals surface area (Å²) in [5, 5.41) is 0. The van der Waals surface area contributed by atoms with E-state index in [2.05, 4.69) is 41.7 Å². The first kappa shape index (κ1) is 31.3. The van der Waals surface area contributed by atoms with Crippen molar-refractivity contribution in [2.45, 2.75) is 51.4 Å². The van der Waals surface area contributed by atoms with E-state index in [1.165, 1.54) is 64.7 Å². The van der Waals surface area contributed by atoms with Crippen LogP contribution in [0.15, 0.2) is 23.5 Å². The summed E-state index contributed by atoms with van der Waals surface area (Å²) in [6, 6.07) is 0. The molecule has 8 heteroatoms. The number of carbonyl (C=O) groups excluding carboxylic acids is 2. The van der Waals surface area contributed by atoms with Crippen LogP contribution in [0.3, 0.4) is 0 Å². The molecule has 0 amide bonds. The van der Waals surface area contributed by atoms with Gasteiger partial charge in [-0.2, -0.15) is 0 Å². The third-order valence-corrected chi connectivity index (χ3v) is 6.70. The number of nitrogens with zero attached hydrogens (tertiary/aromatic N) is 4. The predicted molar refractivity (Wildman–Crippen MR) is 151 cm³/mol. The number of piperidine rings is 2. The summed E-state index contributed by atoms with van der Waals surface area (Å²) in [6.45, 7) is 8.52. The van der Waals surface area contributed by atoms with Crippen LogP contribution >= 0.6 is 31.9 Å². The topological polar surface area (TPSA) is 47.1 Å². The zero-order valence-corrected chi connectivity index (χ0v) is 25.0. The Hall–Kier alpha value is -0.700. The number of halogens is 2. The summed E-state index contributed by atoms with van der Waals surface area (Å²) in [5.74, 6) is 3.53. The predicted octanol–water partition coefficient (Wildman–Crippen LogP) is 4.54. The van der Waals surface area contributed by atoms with Gasteiger partial charge in [0, 0.05) is 39.3 Å². The standard InChI is InChI=1S/C24H40N4O2.2CH3Br/c1-25(11-9-17-27-13-5-3-6-14-27)21-19-24(30)22(20-23(21)29)26(2)12-10-18-28-15-7-4-8-16-28;2*1-2/h19-20H,3-18H2,1-2H3;2*1H3. The zero-order valence-electron chi connectivity index (χ0n) is 21.8. The molecule has 3 rings (SSSR count). The van der Waals surface area contributed by atoms with Crippen molar-refractivity contribution < 1.29 is 9.59 Å². The van der Waals surface area contributed by atoms with Crippen molar-refractivity contribution in [2.75, 3.05) is 78.1 Å².